The lowest BCUT2D eigenvalue weighted by Crippen LogP contribution is -2.30. The highest BCUT2D eigenvalue weighted by Gasteiger charge is 2.21. The molecule has 31 heavy (non-hydrogen) atoms. The van der Waals surface area contributed by atoms with Crippen molar-refractivity contribution in [3.8, 4) is 5.69 Å². The predicted molar refractivity (Wildman–Crippen MR) is 117 cm³/mol. The minimum Gasteiger partial charge on any atom is -0.449 e. The maximum atomic E-state index is 12.5. The Hall–Kier alpha value is -3.37. The molecule has 2 aromatic carbocycles. The molecule has 1 atom stereocenters. The lowest BCUT2D eigenvalue weighted by Gasteiger charge is -2.15. The van der Waals surface area contributed by atoms with Gasteiger partial charge in [0.05, 0.1) is 21.2 Å². The summed E-state index contributed by atoms with van der Waals surface area (Å²) in [7, 11) is 0. The van der Waals surface area contributed by atoms with Gasteiger partial charge in [-0.05, 0) is 37.4 Å². The highest BCUT2D eigenvalue weighted by molar-refractivity contribution is 7.98. The number of hydrogen-bond acceptors (Lipinski definition) is 7. The molecule has 1 aromatic heterocycles. The van der Waals surface area contributed by atoms with Crippen molar-refractivity contribution in [3.05, 3.63) is 75.6 Å². The van der Waals surface area contributed by atoms with E-state index in [1.54, 1.807) is 30.6 Å². The van der Waals surface area contributed by atoms with Gasteiger partial charge in [-0.15, -0.1) is 0 Å². The summed E-state index contributed by atoms with van der Waals surface area (Å²) in [5, 5.41) is 14.0. The molecule has 0 saturated carbocycles. The summed E-state index contributed by atoms with van der Waals surface area (Å²) in [5.74, 6) is -1.30. The fourth-order valence-corrected chi connectivity index (χ4v) is 3.41. The first kappa shape index (κ1) is 22.3. The second-order valence-corrected chi connectivity index (χ2v) is 7.47. The summed E-state index contributed by atoms with van der Waals surface area (Å²) in [6, 6.07) is 10.4. The Labute approximate surface area is 186 Å². The van der Waals surface area contributed by atoms with Crippen molar-refractivity contribution in [2.24, 2.45) is 0 Å². The normalized spacial score (nSPS) is 11.6. The fourth-order valence-electron chi connectivity index (χ4n) is 2.66. The number of ether oxygens (including phenoxy) is 1. The smallest absolute Gasteiger partial charge is 0.338 e. The summed E-state index contributed by atoms with van der Waals surface area (Å²) in [4.78, 5) is 39.3. The van der Waals surface area contributed by atoms with E-state index in [4.69, 9.17) is 16.3 Å². The molecule has 3 aromatic rings. The molecule has 0 aliphatic heterocycles. The van der Waals surface area contributed by atoms with Crippen LogP contribution in [0.15, 0.2) is 60.0 Å². The Morgan fingerprint density at radius 3 is 2.74 bits per heavy atom. The molecule has 9 nitrogen and oxygen atoms in total. The molecule has 1 heterocycles. The molecule has 1 amide bonds. The van der Waals surface area contributed by atoms with Gasteiger partial charge in [0.15, 0.2) is 11.3 Å². The van der Waals surface area contributed by atoms with Crippen LogP contribution in [-0.2, 0) is 9.53 Å². The van der Waals surface area contributed by atoms with Crippen LogP contribution in [-0.4, -0.2) is 38.7 Å². The van der Waals surface area contributed by atoms with Crippen molar-refractivity contribution >= 4 is 46.6 Å². The number of rotatable bonds is 7. The molecular weight excluding hydrogens is 444 g/mol. The summed E-state index contributed by atoms with van der Waals surface area (Å²) in [6.45, 7) is 1.41. The number of halogens is 1. The van der Waals surface area contributed by atoms with E-state index in [2.05, 4.69) is 10.3 Å². The molecule has 0 aliphatic rings. The third-order valence-electron chi connectivity index (χ3n) is 4.22. The zero-order chi connectivity index (χ0) is 22.5. The van der Waals surface area contributed by atoms with E-state index < -0.39 is 22.9 Å². The molecule has 3 rings (SSSR count). The Morgan fingerprint density at radius 2 is 2.06 bits per heavy atom. The molecule has 0 aliphatic carbocycles. The van der Waals surface area contributed by atoms with Crippen LogP contribution in [0.1, 0.15) is 17.3 Å². The average Bonchev–Trinajstić information content (AvgIpc) is 3.24. The third kappa shape index (κ3) is 5.22. The number of amides is 1. The summed E-state index contributed by atoms with van der Waals surface area (Å²) < 4.78 is 7.10. The van der Waals surface area contributed by atoms with E-state index in [0.29, 0.717) is 0 Å². The van der Waals surface area contributed by atoms with Gasteiger partial charge in [0, 0.05) is 30.2 Å². The number of hydrogen-bond donors (Lipinski definition) is 1. The van der Waals surface area contributed by atoms with Crippen LogP contribution in [0.25, 0.3) is 5.69 Å². The molecule has 11 heteroatoms. The molecule has 1 unspecified atom stereocenters. The van der Waals surface area contributed by atoms with Crippen molar-refractivity contribution in [1.82, 2.24) is 9.55 Å². The minimum absolute atomic E-state index is 0.00120. The number of esters is 1. The SMILES string of the molecule is CSc1nccn1-c1cccc(C(=O)OC(C)C(=O)Nc2ccc([N+](=O)[O-])cc2Cl)c1. The van der Waals surface area contributed by atoms with Crippen LogP contribution in [0.5, 0.6) is 0 Å². The number of nitro groups is 1. The van der Waals surface area contributed by atoms with Gasteiger partial charge in [-0.3, -0.25) is 19.5 Å². The van der Waals surface area contributed by atoms with Crippen LogP contribution in [0, 0.1) is 10.1 Å². The number of nitrogens with zero attached hydrogens (tertiary/aromatic N) is 3. The molecule has 0 radical (unpaired) electrons. The van der Waals surface area contributed by atoms with Gasteiger partial charge in [-0.25, -0.2) is 9.78 Å². The highest BCUT2D eigenvalue weighted by Crippen LogP contribution is 2.27. The number of carbonyl (C=O) groups excluding carboxylic acids is 2. The fraction of sp³-hybridized carbons (Fsp3) is 0.150. The molecule has 0 bridgehead atoms. The van der Waals surface area contributed by atoms with Gasteiger partial charge in [-0.2, -0.15) is 0 Å². The van der Waals surface area contributed by atoms with E-state index in [1.807, 2.05) is 16.9 Å². The van der Waals surface area contributed by atoms with Crippen molar-refractivity contribution in [2.75, 3.05) is 11.6 Å². The van der Waals surface area contributed by atoms with Gasteiger partial charge in [0.25, 0.3) is 11.6 Å². The minimum atomic E-state index is -1.13. The molecule has 0 saturated heterocycles. The maximum absolute atomic E-state index is 12.5. The van der Waals surface area contributed by atoms with Crippen molar-refractivity contribution in [1.29, 1.82) is 0 Å². The van der Waals surface area contributed by atoms with Gasteiger partial charge >= 0.3 is 5.97 Å². The van der Waals surface area contributed by atoms with E-state index in [1.165, 1.54) is 30.8 Å². The third-order valence-corrected chi connectivity index (χ3v) is 5.20. The topological polar surface area (TPSA) is 116 Å². The number of benzene rings is 2. The largest absolute Gasteiger partial charge is 0.449 e. The Balaban J connectivity index is 1.68. The van der Waals surface area contributed by atoms with Crippen LogP contribution < -0.4 is 5.32 Å². The van der Waals surface area contributed by atoms with Gasteiger partial charge < -0.3 is 10.1 Å². The lowest BCUT2D eigenvalue weighted by atomic mass is 10.2. The number of thioether (sulfide) groups is 1. The Kier molecular flexibility index (Phi) is 6.93. The van der Waals surface area contributed by atoms with E-state index in [9.17, 15) is 19.7 Å². The number of imidazole rings is 1. The van der Waals surface area contributed by atoms with Crippen LogP contribution in [0.4, 0.5) is 11.4 Å². The number of nitro benzene ring substituents is 1. The van der Waals surface area contributed by atoms with E-state index in [0.717, 1.165) is 16.9 Å². The Morgan fingerprint density at radius 1 is 1.29 bits per heavy atom. The number of nitrogens with one attached hydrogen (secondary N) is 1. The molecule has 160 valence electrons. The quantitative estimate of drug-likeness (QED) is 0.241. The zero-order valence-corrected chi connectivity index (χ0v) is 18.0. The molecule has 0 fully saturated rings. The standard InChI is InChI=1S/C20H17ClN4O5S/c1-12(18(26)23-17-7-6-15(25(28)29)11-16(17)21)30-19(27)13-4-3-5-14(10-13)24-9-8-22-20(24)31-2/h3-12H,1-2H3,(H,23,26). The monoisotopic (exact) mass is 460 g/mol. The van der Waals surface area contributed by atoms with E-state index in [-0.39, 0.29) is 22.0 Å². The predicted octanol–water partition coefficient (Wildman–Crippen LogP) is 4.34. The van der Waals surface area contributed by atoms with Crippen LogP contribution in [0.3, 0.4) is 0 Å². The van der Waals surface area contributed by atoms with E-state index >= 15 is 0 Å². The number of non-ortho nitro benzene ring substituents is 1. The first-order valence-electron chi connectivity index (χ1n) is 8.93. The van der Waals surface area contributed by atoms with Gasteiger partial charge in [0.1, 0.15) is 0 Å². The second-order valence-electron chi connectivity index (χ2n) is 6.29. The first-order chi connectivity index (χ1) is 14.8. The number of carbonyl (C=O) groups is 2. The zero-order valence-electron chi connectivity index (χ0n) is 16.4. The van der Waals surface area contributed by atoms with Crippen LogP contribution in [0.2, 0.25) is 5.02 Å². The molecule has 0 spiro atoms. The second kappa shape index (κ2) is 9.63. The van der Waals surface area contributed by atoms with Crippen molar-refractivity contribution < 1.29 is 19.2 Å². The average molecular weight is 461 g/mol. The number of aromatic nitrogens is 2. The highest BCUT2D eigenvalue weighted by atomic mass is 35.5. The first-order valence-corrected chi connectivity index (χ1v) is 10.5. The van der Waals surface area contributed by atoms with Crippen molar-refractivity contribution in [3.63, 3.8) is 0 Å². The molecule has 1 N–H and O–H groups in total. The Bertz CT molecular complexity index is 1150. The summed E-state index contributed by atoms with van der Waals surface area (Å²) in [5.41, 5.74) is 0.967. The van der Waals surface area contributed by atoms with Crippen molar-refractivity contribution in [2.45, 2.75) is 18.2 Å². The maximum Gasteiger partial charge on any atom is 0.338 e. The lowest BCUT2D eigenvalue weighted by molar-refractivity contribution is -0.384. The van der Waals surface area contributed by atoms with Gasteiger partial charge in [-0.1, -0.05) is 29.4 Å². The summed E-state index contributed by atoms with van der Waals surface area (Å²) in [6.07, 6.45) is 4.21. The summed E-state index contributed by atoms with van der Waals surface area (Å²) >= 11 is 7.44. The number of anilines is 1. The van der Waals surface area contributed by atoms with Crippen LogP contribution >= 0.6 is 23.4 Å². The molecular formula is C20H17ClN4O5S. The van der Waals surface area contributed by atoms with Gasteiger partial charge in [0.2, 0.25) is 0 Å².